The number of carbonyl (C=O) groups excluding carboxylic acids is 1. The van der Waals surface area contributed by atoms with Gasteiger partial charge in [-0.2, -0.15) is 0 Å². The van der Waals surface area contributed by atoms with E-state index >= 15 is 0 Å². The Bertz CT molecular complexity index is 727. The Morgan fingerprint density at radius 2 is 1.76 bits per heavy atom. The maximum absolute atomic E-state index is 12.1. The van der Waals surface area contributed by atoms with Gasteiger partial charge in [0, 0.05) is 18.1 Å². The van der Waals surface area contributed by atoms with Crippen LogP contribution in [0.2, 0.25) is 0 Å². The van der Waals surface area contributed by atoms with Crippen molar-refractivity contribution in [2.75, 3.05) is 5.32 Å². The predicted octanol–water partition coefficient (Wildman–Crippen LogP) is 1.73. The number of aromatic nitrogens is 1. The first-order chi connectivity index (χ1) is 9.99. The van der Waals surface area contributed by atoms with Gasteiger partial charge in [0.15, 0.2) is 0 Å². The molecule has 2 rings (SSSR count). The lowest BCUT2D eigenvalue weighted by Gasteiger charge is -2.07. The van der Waals surface area contributed by atoms with E-state index in [2.05, 4.69) is 10.3 Å². The average Bonchev–Trinajstić information content (AvgIpc) is 2.47. The molecule has 1 amide bonds. The summed E-state index contributed by atoms with van der Waals surface area (Å²) in [5, 5.41) is 20.3. The number of carboxylic acid groups (broad SMARTS) is 2. The summed E-state index contributed by atoms with van der Waals surface area (Å²) in [4.78, 5) is 37.6. The number of hydrogen-bond acceptors (Lipinski definition) is 4. The van der Waals surface area contributed by atoms with Crippen molar-refractivity contribution in [2.24, 2.45) is 0 Å². The summed E-state index contributed by atoms with van der Waals surface area (Å²) in [6.07, 6.45) is 2.37. The molecule has 0 atom stereocenters. The Labute approximate surface area is 118 Å². The van der Waals surface area contributed by atoms with Crippen molar-refractivity contribution in [3.63, 3.8) is 0 Å². The Kier molecular flexibility index (Phi) is 3.94. The molecule has 3 N–H and O–H groups in total. The van der Waals surface area contributed by atoms with Gasteiger partial charge in [0.2, 0.25) is 0 Å². The molecule has 0 aliphatic carbocycles. The molecule has 0 saturated heterocycles. The van der Waals surface area contributed by atoms with Gasteiger partial charge in [0.05, 0.1) is 16.7 Å². The van der Waals surface area contributed by atoms with E-state index in [1.165, 1.54) is 36.5 Å². The SMILES string of the molecule is O=C(O)c1cccc(NC(=O)c2ccncc2C(=O)O)c1. The van der Waals surface area contributed by atoms with Crippen molar-refractivity contribution >= 4 is 23.5 Å². The molecule has 0 spiro atoms. The largest absolute Gasteiger partial charge is 0.478 e. The molecule has 0 radical (unpaired) electrons. The van der Waals surface area contributed by atoms with Crippen LogP contribution in [0.15, 0.2) is 42.7 Å². The van der Waals surface area contributed by atoms with Gasteiger partial charge in [0.25, 0.3) is 5.91 Å². The molecule has 0 aliphatic rings. The van der Waals surface area contributed by atoms with Gasteiger partial charge in [0.1, 0.15) is 0 Å². The second-order valence-corrected chi connectivity index (χ2v) is 4.07. The van der Waals surface area contributed by atoms with E-state index < -0.39 is 17.8 Å². The maximum atomic E-state index is 12.1. The minimum atomic E-state index is -1.27. The molecule has 0 fully saturated rings. The van der Waals surface area contributed by atoms with E-state index in [4.69, 9.17) is 10.2 Å². The molecule has 21 heavy (non-hydrogen) atoms. The van der Waals surface area contributed by atoms with Gasteiger partial charge in [-0.3, -0.25) is 9.78 Å². The summed E-state index contributed by atoms with van der Waals surface area (Å²) in [5.41, 5.74) is -0.0170. The van der Waals surface area contributed by atoms with Crippen molar-refractivity contribution in [1.29, 1.82) is 0 Å². The summed E-state index contributed by atoms with van der Waals surface area (Å²) in [7, 11) is 0. The van der Waals surface area contributed by atoms with Crippen LogP contribution in [-0.2, 0) is 0 Å². The third-order valence-corrected chi connectivity index (χ3v) is 2.66. The van der Waals surface area contributed by atoms with Crippen LogP contribution in [-0.4, -0.2) is 33.0 Å². The van der Waals surface area contributed by atoms with Gasteiger partial charge in [-0.1, -0.05) is 6.07 Å². The van der Waals surface area contributed by atoms with Crippen molar-refractivity contribution in [2.45, 2.75) is 0 Å². The number of rotatable bonds is 4. The molecule has 0 bridgehead atoms. The number of anilines is 1. The number of carboxylic acids is 2. The van der Waals surface area contributed by atoms with Crippen LogP contribution in [0, 0.1) is 0 Å². The van der Waals surface area contributed by atoms with Gasteiger partial charge >= 0.3 is 11.9 Å². The number of nitrogens with zero attached hydrogens (tertiary/aromatic N) is 1. The van der Waals surface area contributed by atoms with Crippen LogP contribution in [0.5, 0.6) is 0 Å². The first-order valence-corrected chi connectivity index (χ1v) is 5.81. The minimum absolute atomic E-state index is 0.0148. The molecule has 0 saturated carbocycles. The summed E-state index contributed by atoms with van der Waals surface area (Å²) >= 11 is 0. The Hall–Kier alpha value is -3.22. The third-order valence-electron chi connectivity index (χ3n) is 2.66. The van der Waals surface area contributed by atoms with Crippen LogP contribution in [0.3, 0.4) is 0 Å². The van der Waals surface area contributed by atoms with Crippen LogP contribution >= 0.6 is 0 Å². The smallest absolute Gasteiger partial charge is 0.338 e. The van der Waals surface area contributed by atoms with Crippen LogP contribution in [0.1, 0.15) is 31.1 Å². The highest BCUT2D eigenvalue weighted by Crippen LogP contribution is 2.14. The van der Waals surface area contributed by atoms with Crippen molar-refractivity contribution in [1.82, 2.24) is 4.98 Å². The fraction of sp³-hybridized carbons (Fsp3) is 0. The highest BCUT2D eigenvalue weighted by Gasteiger charge is 2.16. The Morgan fingerprint density at radius 3 is 2.43 bits per heavy atom. The predicted molar refractivity (Wildman–Crippen MR) is 72.6 cm³/mol. The van der Waals surface area contributed by atoms with Gasteiger partial charge in [-0.05, 0) is 24.3 Å². The zero-order valence-corrected chi connectivity index (χ0v) is 10.6. The number of amides is 1. The lowest BCUT2D eigenvalue weighted by molar-refractivity contribution is 0.0684. The molecule has 7 heteroatoms. The number of pyridine rings is 1. The maximum Gasteiger partial charge on any atom is 0.338 e. The zero-order valence-electron chi connectivity index (χ0n) is 10.6. The minimum Gasteiger partial charge on any atom is -0.478 e. The topological polar surface area (TPSA) is 117 Å². The fourth-order valence-electron chi connectivity index (χ4n) is 1.69. The molecule has 1 aromatic carbocycles. The number of hydrogen-bond donors (Lipinski definition) is 3. The fourth-order valence-corrected chi connectivity index (χ4v) is 1.69. The zero-order chi connectivity index (χ0) is 15.4. The molecule has 0 unspecified atom stereocenters. The van der Waals surface area contributed by atoms with E-state index in [1.54, 1.807) is 0 Å². The monoisotopic (exact) mass is 286 g/mol. The molecular formula is C14H10N2O5. The lowest BCUT2D eigenvalue weighted by Crippen LogP contribution is -2.17. The summed E-state index contributed by atoms with van der Waals surface area (Å²) in [5.74, 6) is -3.05. The molecule has 7 nitrogen and oxygen atoms in total. The first kappa shape index (κ1) is 14.2. The summed E-state index contributed by atoms with van der Waals surface area (Å²) in [6.45, 7) is 0. The third kappa shape index (κ3) is 3.21. The van der Waals surface area contributed by atoms with Crippen molar-refractivity contribution < 1.29 is 24.6 Å². The number of benzene rings is 1. The molecule has 1 heterocycles. The average molecular weight is 286 g/mol. The van der Waals surface area contributed by atoms with Crippen molar-refractivity contribution in [3.8, 4) is 0 Å². The van der Waals surface area contributed by atoms with Crippen LogP contribution in [0.25, 0.3) is 0 Å². The Balaban J connectivity index is 2.28. The standard InChI is InChI=1S/C14H10N2O5/c17-12(10-4-5-15-7-11(10)14(20)21)16-9-3-1-2-8(6-9)13(18)19/h1-7H,(H,16,17)(H,18,19)(H,20,21). The first-order valence-electron chi connectivity index (χ1n) is 5.81. The normalized spacial score (nSPS) is 9.90. The van der Waals surface area contributed by atoms with Gasteiger partial charge in [-0.25, -0.2) is 9.59 Å². The van der Waals surface area contributed by atoms with Crippen molar-refractivity contribution in [3.05, 3.63) is 59.4 Å². The molecule has 106 valence electrons. The second kappa shape index (κ2) is 5.83. The highest BCUT2D eigenvalue weighted by molar-refractivity contribution is 6.10. The molecular weight excluding hydrogens is 276 g/mol. The van der Waals surface area contributed by atoms with Crippen LogP contribution in [0.4, 0.5) is 5.69 Å². The van der Waals surface area contributed by atoms with E-state index in [-0.39, 0.29) is 22.4 Å². The van der Waals surface area contributed by atoms with E-state index in [1.807, 2.05) is 0 Å². The molecule has 0 aliphatic heterocycles. The quantitative estimate of drug-likeness (QED) is 0.788. The van der Waals surface area contributed by atoms with Gasteiger partial charge < -0.3 is 15.5 Å². The number of carbonyl (C=O) groups is 3. The highest BCUT2D eigenvalue weighted by atomic mass is 16.4. The summed E-state index contributed by atoms with van der Waals surface area (Å²) in [6, 6.07) is 6.92. The second-order valence-electron chi connectivity index (χ2n) is 4.07. The lowest BCUT2D eigenvalue weighted by atomic mass is 10.1. The molecule has 1 aromatic heterocycles. The molecule has 2 aromatic rings. The van der Waals surface area contributed by atoms with E-state index in [0.717, 1.165) is 6.20 Å². The van der Waals surface area contributed by atoms with E-state index in [0.29, 0.717) is 0 Å². The van der Waals surface area contributed by atoms with Gasteiger partial charge in [-0.15, -0.1) is 0 Å². The summed E-state index contributed by atoms with van der Waals surface area (Å²) < 4.78 is 0. The number of nitrogens with one attached hydrogen (secondary N) is 1. The number of aromatic carboxylic acids is 2. The van der Waals surface area contributed by atoms with E-state index in [9.17, 15) is 14.4 Å². The Morgan fingerprint density at radius 1 is 1.00 bits per heavy atom. The van der Waals surface area contributed by atoms with Crippen LogP contribution < -0.4 is 5.32 Å².